The summed E-state index contributed by atoms with van der Waals surface area (Å²) in [5, 5.41) is 14.1. The number of alkyl halides is 2. The Hall–Kier alpha value is -1.66. The predicted molar refractivity (Wildman–Crippen MR) is 44.3 cm³/mol. The fourth-order valence-electron chi connectivity index (χ4n) is 0.787. The van der Waals surface area contributed by atoms with E-state index >= 15 is 0 Å². The third kappa shape index (κ3) is 2.41. The number of nitrogens with zero attached hydrogens (tertiary/aromatic N) is 2. The lowest BCUT2D eigenvalue weighted by molar-refractivity contribution is -0.162. The van der Waals surface area contributed by atoms with Gasteiger partial charge in [0.25, 0.3) is 0 Å². The lowest BCUT2D eigenvalue weighted by atomic mass is 10.3. The number of hydrogen-bond donors (Lipinski definition) is 2. The summed E-state index contributed by atoms with van der Waals surface area (Å²) in [7, 11) is 1.63. The van der Waals surface area contributed by atoms with Crippen LogP contribution in [-0.2, 0) is 11.8 Å². The van der Waals surface area contributed by atoms with Crippen LogP contribution in [0.15, 0.2) is 12.3 Å². The Bertz CT molecular complexity index is 337. The Morgan fingerprint density at radius 3 is 2.86 bits per heavy atom. The molecule has 0 aliphatic carbocycles. The van der Waals surface area contributed by atoms with Crippen LogP contribution in [0.2, 0.25) is 0 Å². The molecule has 1 aromatic heterocycles. The van der Waals surface area contributed by atoms with Crippen molar-refractivity contribution in [3.63, 3.8) is 0 Å². The first-order valence-corrected chi connectivity index (χ1v) is 3.76. The summed E-state index contributed by atoms with van der Waals surface area (Å²) < 4.78 is 26.5. The zero-order valence-corrected chi connectivity index (χ0v) is 7.37. The molecule has 1 rings (SSSR count). The second kappa shape index (κ2) is 3.60. The second-order valence-electron chi connectivity index (χ2n) is 2.74. The van der Waals surface area contributed by atoms with Crippen molar-refractivity contribution in [1.29, 1.82) is 0 Å². The van der Waals surface area contributed by atoms with E-state index in [1.54, 1.807) is 13.2 Å². The molecule has 0 aliphatic heterocycles. The Morgan fingerprint density at radius 1 is 1.79 bits per heavy atom. The van der Waals surface area contributed by atoms with Crippen molar-refractivity contribution < 1.29 is 18.7 Å². The first-order valence-electron chi connectivity index (χ1n) is 3.76. The maximum absolute atomic E-state index is 12.5. The van der Waals surface area contributed by atoms with E-state index in [-0.39, 0.29) is 5.82 Å². The molecule has 0 spiro atoms. The van der Waals surface area contributed by atoms with E-state index in [0.717, 1.165) is 0 Å². The summed E-state index contributed by atoms with van der Waals surface area (Å²) in [6.07, 6.45) is 1.56. The topological polar surface area (TPSA) is 67.2 Å². The minimum absolute atomic E-state index is 0.216. The first-order chi connectivity index (χ1) is 6.42. The normalized spacial score (nSPS) is 11.4. The molecule has 0 saturated carbocycles. The van der Waals surface area contributed by atoms with E-state index in [1.807, 2.05) is 0 Å². The third-order valence-corrected chi connectivity index (χ3v) is 1.52. The van der Waals surface area contributed by atoms with E-state index in [0.29, 0.717) is 0 Å². The Morgan fingerprint density at radius 2 is 2.43 bits per heavy atom. The quantitative estimate of drug-likeness (QED) is 0.753. The van der Waals surface area contributed by atoms with Crippen molar-refractivity contribution in [1.82, 2.24) is 9.78 Å². The zero-order chi connectivity index (χ0) is 10.8. The molecule has 0 radical (unpaired) electrons. The molecular weight excluding hydrogens is 196 g/mol. The second-order valence-corrected chi connectivity index (χ2v) is 2.74. The highest BCUT2D eigenvalue weighted by atomic mass is 19.3. The number of hydrogen-bond acceptors (Lipinski definition) is 3. The molecule has 78 valence electrons. The highest BCUT2D eigenvalue weighted by molar-refractivity contribution is 5.76. The van der Waals surface area contributed by atoms with Crippen molar-refractivity contribution >= 4 is 11.8 Å². The summed E-state index contributed by atoms with van der Waals surface area (Å²) in [6.45, 7) is -0.973. The summed E-state index contributed by atoms with van der Waals surface area (Å²) in [5.41, 5.74) is 0. The van der Waals surface area contributed by atoms with Crippen LogP contribution in [0.25, 0.3) is 0 Å². The number of aromatic nitrogens is 2. The van der Waals surface area contributed by atoms with Crippen LogP contribution in [0.1, 0.15) is 0 Å². The van der Waals surface area contributed by atoms with Gasteiger partial charge in [-0.15, -0.1) is 0 Å². The van der Waals surface area contributed by atoms with Crippen LogP contribution in [0.3, 0.4) is 0 Å². The Kier molecular flexibility index (Phi) is 2.68. The van der Waals surface area contributed by atoms with Crippen LogP contribution in [-0.4, -0.2) is 33.3 Å². The number of carbonyl (C=O) groups is 1. The Labute approximate surface area is 78.3 Å². The molecule has 0 atom stereocenters. The molecule has 14 heavy (non-hydrogen) atoms. The van der Waals surface area contributed by atoms with Gasteiger partial charge in [-0.05, 0) is 0 Å². The number of carboxylic acid groups (broad SMARTS) is 1. The van der Waals surface area contributed by atoms with Crippen molar-refractivity contribution in [2.75, 3.05) is 11.9 Å². The van der Waals surface area contributed by atoms with E-state index in [2.05, 4.69) is 10.4 Å². The molecule has 0 saturated heterocycles. The molecule has 5 nitrogen and oxygen atoms in total. The molecule has 0 fully saturated rings. The lowest BCUT2D eigenvalue weighted by Gasteiger charge is -2.10. The maximum atomic E-state index is 12.5. The van der Waals surface area contributed by atoms with Crippen LogP contribution < -0.4 is 5.32 Å². The van der Waals surface area contributed by atoms with Crippen LogP contribution in [0.4, 0.5) is 14.6 Å². The van der Waals surface area contributed by atoms with Gasteiger partial charge in [0.2, 0.25) is 0 Å². The van der Waals surface area contributed by atoms with Gasteiger partial charge in [0.05, 0.1) is 6.54 Å². The van der Waals surface area contributed by atoms with Gasteiger partial charge in [0, 0.05) is 19.3 Å². The number of carboxylic acids is 1. The smallest absolute Gasteiger partial charge is 0.376 e. The minimum atomic E-state index is -3.78. The van der Waals surface area contributed by atoms with Crippen molar-refractivity contribution in [3.05, 3.63) is 12.3 Å². The standard InChI is InChI=1S/C7H9F2N3O2/c1-12-3-2-5(11-12)10-4-7(8,9)6(13)14/h2-3H,4H2,1H3,(H,10,11)(H,13,14). The van der Waals surface area contributed by atoms with Gasteiger partial charge in [-0.2, -0.15) is 13.9 Å². The summed E-state index contributed by atoms with van der Waals surface area (Å²) in [4.78, 5) is 10.0. The average molecular weight is 205 g/mol. The number of rotatable bonds is 4. The minimum Gasteiger partial charge on any atom is -0.477 e. The largest absolute Gasteiger partial charge is 0.477 e. The lowest BCUT2D eigenvalue weighted by Crippen LogP contribution is -2.36. The van der Waals surface area contributed by atoms with Gasteiger partial charge in [-0.3, -0.25) is 4.68 Å². The monoisotopic (exact) mass is 205 g/mol. The summed E-state index contributed by atoms with van der Waals surface area (Å²) in [6, 6.07) is 1.47. The van der Waals surface area contributed by atoms with Gasteiger partial charge in [-0.25, -0.2) is 4.79 Å². The van der Waals surface area contributed by atoms with Crippen LogP contribution >= 0.6 is 0 Å². The summed E-state index contributed by atoms with van der Waals surface area (Å²) >= 11 is 0. The molecule has 0 bridgehead atoms. The molecule has 0 aromatic carbocycles. The SMILES string of the molecule is Cn1ccc(NCC(F)(F)C(=O)O)n1. The first kappa shape index (κ1) is 10.4. The van der Waals surface area contributed by atoms with E-state index in [1.165, 1.54) is 10.7 Å². The maximum Gasteiger partial charge on any atom is 0.376 e. The van der Waals surface area contributed by atoms with Gasteiger partial charge in [0.15, 0.2) is 0 Å². The van der Waals surface area contributed by atoms with Gasteiger partial charge in [0.1, 0.15) is 5.82 Å². The number of anilines is 1. The molecule has 2 N–H and O–H groups in total. The van der Waals surface area contributed by atoms with E-state index in [4.69, 9.17) is 5.11 Å². The van der Waals surface area contributed by atoms with E-state index in [9.17, 15) is 13.6 Å². The summed E-state index contributed by atoms with van der Waals surface area (Å²) in [5.74, 6) is -5.72. The number of aryl methyl sites for hydroxylation is 1. The zero-order valence-electron chi connectivity index (χ0n) is 7.37. The molecule has 0 amide bonds. The predicted octanol–water partition coefficient (Wildman–Crippen LogP) is 0.552. The van der Waals surface area contributed by atoms with Crippen molar-refractivity contribution in [2.24, 2.45) is 7.05 Å². The molecule has 0 unspecified atom stereocenters. The highest BCUT2D eigenvalue weighted by Crippen LogP contribution is 2.14. The molecule has 1 heterocycles. The van der Waals surface area contributed by atoms with Gasteiger partial charge in [-0.1, -0.05) is 0 Å². The Balaban J connectivity index is 2.52. The number of halogens is 2. The van der Waals surface area contributed by atoms with Gasteiger partial charge < -0.3 is 10.4 Å². The number of nitrogens with one attached hydrogen (secondary N) is 1. The van der Waals surface area contributed by atoms with Crippen LogP contribution in [0, 0.1) is 0 Å². The van der Waals surface area contributed by atoms with Crippen molar-refractivity contribution in [3.8, 4) is 0 Å². The third-order valence-electron chi connectivity index (χ3n) is 1.52. The molecule has 0 aliphatic rings. The van der Waals surface area contributed by atoms with E-state index < -0.39 is 18.4 Å². The van der Waals surface area contributed by atoms with Crippen LogP contribution in [0.5, 0.6) is 0 Å². The molecule has 7 heteroatoms. The molecule has 1 aromatic rings. The van der Waals surface area contributed by atoms with Crippen molar-refractivity contribution in [2.45, 2.75) is 5.92 Å². The number of aliphatic carboxylic acids is 1. The molecular formula is C7H9F2N3O2. The average Bonchev–Trinajstić information content (AvgIpc) is 2.48. The fraction of sp³-hybridized carbons (Fsp3) is 0.429. The fourth-order valence-corrected chi connectivity index (χ4v) is 0.787. The highest BCUT2D eigenvalue weighted by Gasteiger charge is 2.38. The van der Waals surface area contributed by atoms with Gasteiger partial charge >= 0.3 is 11.9 Å².